The van der Waals surface area contributed by atoms with E-state index in [1.165, 1.54) is 0 Å². The van der Waals surface area contributed by atoms with Crippen LogP contribution in [-0.2, 0) is 0 Å². The maximum atomic E-state index is 9.64. The third kappa shape index (κ3) is 4.21. The topological polar surface area (TPSA) is 49.7 Å². The highest BCUT2D eigenvalue weighted by Gasteiger charge is 2.12. The van der Waals surface area contributed by atoms with Crippen molar-refractivity contribution in [1.29, 1.82) is 0 Å². The van der Waals surface area contributed by atoms with Gasteiger partial charge in [-0.2, -0.15) is 0 Å². The lowest BCUT2D eigenvalue weighted by Crippen LogP contribution is -2.22. The first-order chi connectivity index (χ1) is 7.42. The molecule has 0 radical (unpaired) electrons. The van der Waals surface area contributed by atoms with Crippen LogP contribution >= 0.6 is 0 Å². The molecule has 0 heterocycles. The summed E-state index contributed by atoms with van der Waals surface area (Å²) in [7, 11) is 0. The van der Waals surface area contributed by atoms with Gasteiger partial charge in [0.05, 0.1) is 6.10 Å². The Hall–Kier alpha value is -1.06. The van der Waals surface area contributed by atoms with Crippen LogP contribution in [0.2, 0.25) is 0 Å². The summed E-state index contributed by atoms with van der Waals surface area (Å²) in [6.07, 6.45) is -0.242. The van der Waals surface area contributed by atoms with E-state index in [-0.39, 0.29) is 12.2 Å². The standard InChI is InChI=1S/C13H20O3/c1-13(2,3)16-11-6-4-10(5-7-11)12(15)8-9-14/h4-7,12,14-15H,8-9H2,1-3H3. The average molecular weight is 224 g/mol. The number of rotatable bonds is 4. The summed E-state index contributed by atoms with van der Waals surface area (Å²) in [6, 6.07) is 7.31. The van der Waals surface area contributed by atoms with Crippen LogP contribution < -0.4 is 4.74 Å². The molecule has 0 spiro atoms. The molecule has 1 aromatic carbocycles. The second kappa shape index (κ2) is 5.32. The van der Waals surface area contributed by atoms with E-state index in [1.54, 1.807) is 0 Å². The van der Waals surface area contributed by atoms with Crippen LogP contribution in [0, 0.1) is 0 Å². The van der Waals surface area contributed by atoms with E-state index in [2.05, 4.69) is 0 Å². The van der Waals surface area contributed by atoms with Gasteiger partial charge in [0.2, 0.25) is 0 Å². The smallest absolute Gasteiger partial charge is 0.120 e. The number of benzene rings is 1. The SMILES string of the molecule is CC(C)(C)Oc1ccc(C(O)CCO)cc1. The Balaban J connectivity index is 2.68. The number of hydrogen-bond donors (Lipinski definition) is 2. The molecule has 0 bridgehead atoms. The van der Waals surface area contributed by atoms with Crippen LogP contribution in [0.1, 0.15) is 38.9 Å². The summed E-state index contributed by atoms with van der Waals surface area (Å²) in [5, 5.41) is 18.4. The summed E-state index contributed by atoms with van der Waals surface area (Å²) in [5.74, 6) is 0.785. The van der Waals surface area contributed by atoms with Gasteiger partial charge in [0.15, 0.2) is 0 Å². The minimum atomic E-state index is -0.603. The molecule has 16 heavy (non-hydrogen) atoms. The maximum absolute atomic E-state index is 9.64. The first-order valence-corrected chi connectivity index (χ1v) is 5.50. The fraction of sp³-hybridized carbons (Fsp3) is 0.538. The second-order valence-corrected chi connectivity index (χ2v) is 4.81. The Morgan fingerprint density at radius 3 is 2.19 bits per heavy atom. The third-order valence-corrected chi connectivity index (χ3v) is 2.09. The van der Waals surface area contributed by atoms with Crippen molar-refractivity contribution in [2.45, 2.75) is 38.9 Å². The normalized spacial score (nSPS) is 13.6. The van der Waals surface area contributed by atoms with Crippen molar-refractivity contribution in [1.82, 2.24) is 0 Å². The Kier molecular flexibility index (Phi) is 4.33. The van der Waals surface area contributed by atoms with E-state index in [4.69, 9.17) is 9.84 Å². The summed E-state index contributed by atoms with van der Waals surface area (Å²) >= 11 is 0. The highest BCUT2D eigenvalue weighted by atomic mass is 16.5. The lowest BCUT2D eigenvalue weighted by Gasteiger charge is -2.21. The Labute approximate surface area is 96.7 Å². The third-order valence-electron chi connectivity index (χ3n) is 2.09. The van der Waals surface area contributed by atoms with E-state index in [1.807, 2.05) is 45.0 Å². The van der Waals surface area contributed by atoms with Gasteiger partial charge in [0, 0.05) is 13.0 Å². The van der Waals surface area contributed by atoms with E-state index < -0.39 is 6.10 Å². The molecule has 0 aliphatic rings. The van der Waals surface area contributed by atoms with Gasteiger partial charge in [-0.15, -0.1) is 0 Å². The first kappa shape index (κ1) is 13.0. The van der Waals surface area contributed by atoms with E-state index >= 15 is 0 Å². The van der Waals surface area contributed by atoms with Gasteiger partial charge in [-0.05, 0) is 38.5 Å². The number of ether oxygens (including phenoxy) is 1. The van der Waals surface area contributed by atoms with Crippen molar-refractivity contribution in [3.63, 3.8) is 0 Å². The Morgan fingerprint density at radius 1 is 1.19 bits per heavy atom. The molecular formula is C13H20O3. The van der Waals surface area contributed by atoms with Crippen molar-refractivity contribution in [3.8, 4) is 5.75 Å². The van der Waals surface area contributed by atoms with Crippen molar-refractivity contribution in [2.24, 2.45) is 0 Å². The molecule has 90 valence electrons. The van der Waals surface area contributed by atoms with Gasteiger partial charge in [-0.25, -0.2) is 0 Å². The van der Waals surface area contributed by atoms with Gasteiger partial charge in [0.25, 0.3) is 0 Å². The molecule has 1 atom stereocenters. The molecule has 1 aromatic rings. The molecule has 0 fully saturated rings. The summed E-state index contributed by atoms with van der Waals surface area (Å²) in [6.45, 7) is 5.95. The average Bonchev–Trinajstić information content (AvgIpc) is 2.16. The minimum absolute atomic E-state index is 0.0125. The molecule has 0 amide bonds. The van der Waals surface area contributed by atoms with Crippen LogP contribution in [-0.4, -0.2) is 22.4 Å². The van der Waals surface area contributed by atoms with Crippen LogP contribution in [0.5, 0.6) is 5.75 Å². The van der Waals surface area contributed by atoms with E-state index in [0.29, 0.717) is 6.42 Å². The Morgan fingerprint density at radius 2 is 1.75 bits per heavy atom. The number of hydrogen-bond acceptors (Lipinski definition) is 3. The van der Waals surface area contributed by atoms with Gasteiger partial charge >= 0.3 is 0 Å². The van der Waals surface area contributed by atoms with E-state index in [0.717, 1.165) is 11.3 Å². The molecular weight excluding hydrogens is 204 g/mol. The highest BCUT2D eigenvalue weighted by Crippen LogP contribution is 2.22. The molecule has 0 aromatic heterocycles. The summed E-state index contributed by atoms with van der Waals surface area (Å²) in [4.78, 5) is 0. The monoisotopic (exact) mass is 224 g/mol. The lowest BCUT2D eigenvalue weighted by atomic mass is 10.1. The molecule has 0 aliphatic heterocycles. The molecule has 0 aliphatic carbocycles. The molecule has 3 nitrogen and oxygen atoms in total. The van der Waals surface area contributed by atoms with Crippen LogP contribution in [0.4, 0.5) is 0 Å². The summed E-state index contributed by atoms with van der Waals surface area (Å²) in [5.41, 5.74) is 0.584. The quantitative estimate of drug-likeness (QED) is 0.825. The predicted octanol–water partition coefficient (Wildman–Crippen LogP) is 2.28. The van der Waals surface area contributed by atoms with Crippen LogP contribution in [0.3, 0.4) is 0 Å². The molecule has 0 saturated carbocycles. The Bertz CT molecular complexity index is 311. The van der Waals surface area contributed by atoms with Crippen molar-refractivity contribution >= 4 is 0 Å². The maximum Gasteiger partial charge on any atom is 0.120 e. The van der Waals surface area contributed by atoms with Gasteiger partial charge in [0.1, 0.15) is 11.4 Å². The zero-order valence-electron chi connectivity index (χ0n) is 10.1. The molecule has 0 saturated heterocycles. The fourth-order valence-electron chi connectivity index (χ4n) is 1.40. The fourth-order valence-corrected chi connectivity index (χ4v) is 1.40. The zero-order chi connectivity index (χ0) is 12.2. The van der Waals surface area contributed by atoms with Crippen LogP contribution in [0.25, 0.3) is 0 Å². The number of aliphatic hydroxyl groups excluding tert-OH is 2. The van der Waals surface area contributed by atoms with Crippen molar-refractivity contribution in [3.05, 3.63) is 29.8 Å². The summed E-state index contributed by atoms with van der Waals surface area (Å²) < 4.78 is 5.67. The molecule has 2 N–H and O–H groups in total. The second-order valence-electron chi connectivity index (χ2n) is 4.81. The minimum Gasteiger partial charge on any atom is -0.488 e. The van der Waals surface area contributed by atoms with E-state index in [9.17, 15) is 5.11 Å². The van der Waals surface area contributed by atoms with Gasteiger partial charge in [-0.3, -0.25) is 0 Å². The highest BCUT2D eigenvalue weighted by molar-refractivity contribution is 5.28. The number of aliphatic hydroxyl groups is 2. The molecule has 1 rings (SSSR count). The predicted molar refractivity (Wildman–Crippen MR) is 63.5 cm³/mol. The first-order valence-electron chi connectivity index (χ1n) is 5.50. The van der Waals surface area contributed by atoms with Gasteiger partial charge < -0.3 is 14.9 Å². The van der Waals surface area contributed by atoms with Gasteiger partial charge in [-0.1, -0.05) is 12.1 Å². The molecule has 1 unspecified atom stereocenters. The largest absolute Gasteiger partial charge is 0.488 e. The van der Waals surface area contributed by atoms with Crippen LogP contribution in [0.15, 0.2) is 24.3 Å². The lowest BCUT2D eigenvalue weighted by molar-refractivity contribution is 0.129. The zero-order valence-corrected chi connectivity index (χ0v) is 10.1. The van der Waals surface area contributed by atoms with Crippen molar-refractivity contribution in [2.75, 3.05) is 6.61 Å². The molecule has 3 heteroatoms. The van der Waals surface area contributed by atoms with Crippen molar-refractivity contribution < 1.29 is 14.9 Å².